The number of unbranched alkanes of at least 4 members (excludes halogenated alkanes) is 1. The van der Waals surface area contributed by atoms with Crippen LogP contribution in [0.2, 0.25) is 0 Å². The Balaban J connectivity index is 2.42. The minimum absolute atomic E-state index is 0.763. The van der Waals surface area contributed by atoms with Gasteiger partial charge >= 0.3 is 0 Å². The average Bonchev–Trinajstić information content (AvgIpc) is 2.46. The van der Waals surface area contributed by atoms with Gasteiger partial charge in [0.25, 0.3) is 0 Å². The van der Waals surface area contributed by atoms with E-state index in [1.165, 1.54) is 5.56 Å². The molecule has 0 fully saturated rings. The summed E-state index contributed by atoms with van der Waals surface area (Å²) in [4.78, 5) is 0. The van der Waals surface area contributed by atoms with E-state index in [0.717, 1.165) is 54.9 Å². The van der Waals surface area contributed by atoms with E-state index in [9.17, 15) is 0 Å². The Labute approximate surface area is 129 Å². The fraction of sp³-hybridized carbons (Fsp3) is 0.600. The molecule has 0 atom stereocenters. The lowest BCUT2D eigenvalue weighted by Crippen LogP contribution is -2.20. The second-order valence-electron chi connectivity index (χ2n) is 4.47. The highest BCUT2D eigenvalue weighted by atomic mass is 79.9. The summed E-state index contributed by atoms with van der Waals surface area (Å²) in [7, 11) is 5.07. The van der Waals surface area contributed by atoms with Gasteiger partial charge in [0.1, 0.15) is 16.0 Å². The fourth-order valence-corrected chi connectivity index (χ4v) is 2.73. The van der Waals surface area contributed by atoms with Crippen molar-refractivity contribution < 1.29 is 14.2 Å². The van der Waals surface area contributed by atoms with Gasteiger partial charge in [0.05, 0.1) is 20.8 Å². The summed E-state index contributed by atoms with van der Waals surface area (Å²) in [6.07, 6.45) is 3.25. The van der Waals surface area contributed by atoms with E-state index in [0.29, 0.717) is 0 Å². The molecule has 114 valence electrons. The third-order valence-electron chi connectivity index (χ3n) is 3.10. The molecule has 0 heterocycles. The predicted molar refractivity (Wildman–Crippen MR) is 84.9 cm³/mol. The van der Waals surface area contributed by atoms with Crippen molar-refractivity contribution in [1.82, 2.24) is 5.32 Å². The molecule has 0 aliphatic rings. The first-order chi connectivity index (χ1) is 9.74. The molecular formula is C15H24BrNO3. The molecule has 1 rings (SSSR count). The Morgan fingerprint density at radius 3 is 2.50 bits per heavy atom. The zero-order valence-corrected chi connectivity index (χ0v) is 14.1. The summed E-state index contributed by atoms with van der Waals surface area (Å²) in [5, 5.41) is 3.35. The number of hydrogen-bond acceptors (Lipinski definition) is 4. The molecule has 1 N–H and O–H groups in total. The van der Waals surface area contributed by atoms with Gasteiger partial charge in [-0.1, -0.05) is 6.07 Å². The van der Waals surface area contributed by atoms with Crippen LogP contribution in [0, 0.1) is 0 Å². The summed E-state index contributed by atoms with van der Waals surface area (Å²) >= 11 is 3.53. The second kappa shape index (κ2) is 10.0. The Kier molecular flexibility index (Phi) is 8.65. The zero-order chi connectivity index (χ0) is 14.8. The monoisotopic (exact) mass is 345 g/mol. The second-order valence-corrected chi connectivity index (χ2v) is 5.27. The molecule has 5 heteroatoms. The molecule has 0 spiro atoms. The van der Waals surface area contributed by atoms with Gasteiger partial charge in [-0.3, -0.25) is 0 Å². The van der Waals surface area contributed by atoms with Crippen molar-refractivity contribution in [3.05, 3.63) is 22.2 Å². The van der Waals surface area contributed by atoms with Crippen LogP contribution in [0.1, 0.15) is 18.4 Å². The van der Waals surface area contributed by atoms with Crippen molar-refractivity contribution in [3.63, 3.8) is 0 Å². The zero-order valence-electron chi connectivity index (χ0n) is 12.5. The van der Waals surface area contributed by atoms with Crippen molar-refractivity contribution in [2.24, 2.45) is 0 Å². The number of rotatable bonds is 10. The van der Waals surface area contributed by atoms with E-state index >= 15 is 0 Å². The number of aryl methyl sites for hydroxylation is 1. The van der Waals surface area contributed by atoms with Crippen molar-refractivity contribution in [3.8, 4) is 11.5 Å². The SMILES string of the molecule is COCCNCCCCc1ccc(OC)c(Br)c1OC. The van der Waals surface area contributed by atoms with Gasteiger partial charge in [0.2, 0.25) is 0 Å². The van der Waals surface area contributed by atoms with Crippen LogP contribution in [0.4, 0.5) is 0 Å². The van der Waals surface area contributed by atoms with Crippen LogP contribution >= 0.6 is 15.9 Å². The van der Waals surface area contributed by atoms with Gasteiger partial charge in [0, 0.05) is 13.7 Å². The highest BCUT2D eigenvalue weighted by molar-refractivity contribution is 9.10. The molecule has 0 unspecified atom stereocenters. The lowest BCUT2D eigenvalue weighted by molar-refractivity contribution is 0.199. The minimum Gasteiger partial charge on any atom is -0.495 e. The lowest BCUT2D eigenvalue weighted by atomic mass is 10.1. The summed E-state index contributed by atoms with van der Waals surface area (Å²) in [6, 6.07) is 4.04. The van der Waals surface area contributed by atoms with E-state index in [4.69, 9.17) is 14.2 Å². The maximum atomic E-state index is 5.47. The molecule has 0 amide bonds. The van der Waals surface area contributed by atoms with Crippen LogP contribution in [0.5, 0.6) is 11.5 Å². The Morgan fingerprint density at radius 2 is 1.85 bits per heavy atom. The number of hydrogen-bond donors (Lipinski definition) is 1. The standard InChI is InChI=1S/C15H24BrNO3/c1-18-11-10-17-9-5-4-6-12-7-8-13(19-2)14(16)15(12)20-3/h7-8,17H,4-6,9-11H2,1-3H3. The van der Waals surface area contributed by atoms with Gasteiger partial charge in [0.15, 0.2) is 0 Å². The lowest BCUT2D eigenvalue weighted by Gasteiger charge is -2.13. The van der Waals surface area contributed by atoms with Crippen molar-refractivity contribution in [2.75, 3.05) is 41.0 Å². The number of methoxy groups -OCH3 is 3. The molecule has 20 heavy (non-hydrogen) atoms. The highest BCUT2D eigenvalue weighted by Gasteiger charge is 2.12. The molecule has 1 aromatic carbocycles. The summed E-state index contributed by atoms with van der Waals surface area (Å²) in [6.45, 7) is 2.69. The fourth-order valence-electron chi connectivity index (χ4n) is 2.02. The van der Waals surface area contributed by atoms with E-state index in [-0.39, 0.29) is 0 Å². The maximum Gasteiger partial charge on any atom is 0.139 e. The molecule has 0 aromatic heterocycles. The maximum absolute atomic E-state index is 5.47. The van der Waals surface area contributed by atoms with Gasteiger partial charge in [-0.15, -0.1) is 0 Å². The number of ether oxygens (including phenoxy) is 3. The van der Waals surface area contributed by atoms with Crippen LogP contribution < -0.4 is 14.8 Å². The highest BCUT2D eigenvalue weighted by Crippen LogP contribution is 2.37. The Bertz CT molecular complexity index is 399. The minimum atomic E-state index is 0.763. The smallest absolute Gasteiger partial charge is 0.139 e. The largest absolute Gasteiger partial charge is 0.495 e. The van der Waals surface area contributed by atoms with Crippen molar-refractivity contribution in [1.29, 1.82) is 0 Å². The molecule has 1 aromatic rings. The van der Waals surface area contributed by atoms with E-state index in [1.54, 1.807) is 21.3 Å². The summed E-state index contributed by atoms with van der Waals surface area (Å²) < 4.78 is 16.6. The molecule has 0 saturated heterocycles. The topological polar surface area (TPSA) is 39.7 Å². The first-order valence-corrected chi connectivity index (χ1v) is 7.62. The van der Waals surface area contributed by atoms with E-state index in [1.807, 2.05) is 6.07 Å². The van der Waals surface area contributed by atoms with E-state index < -0.39 is 0 Å². The quantitative estimate of drug-likeness (QED) is 0.661. The summed E-state index contributed by atoms with van der Waals surface area (Å²) in [5.74, 6) is 1.67. The van der Waals surface area contributed by atoms with Crippen LogP contribution in [0.3, 0.4) is 0 Å². The van der Waals surface area contributed by atoms with Gasteiger partial charge < -0.3 is 19.5 Å². The molecular weight excluding hydrogens is 322 g/mol. The third-order valence-corrected chi connectivity index (χ3v) is 3.85. The first kappa shape index (κ1) is 17.3. The van der Waals surface area contributed by atoms with Crippen LogP contribution in [0.15, 0.2) is 16.6 Å². The third kappa shape index (κ3) is 5.31. The van der Waals surface area contributed by atoms with Gasteiger partial charge in [-0.2, -0.15) is 0 Å². The summed E-state index contributed by atoms with van der Waals surface area (Å²) in [5.41, 5.74) is 1.21. The van der Waals surface area contributed by atoms with Crippen molar-refractivity contribution in [2.45, 2.75) is 19.3 Å². The number of halogens is 1. The number of benzene rings is 1. The van der Waals surface area contributed by atoms with E-state index in [2.05, 4.69) is 27.3 Å². The molecule has 0 radical (unpaired) electrons. The average molecular weight is 346 g/mol. The first-order valence-electron chi connectivity index (χ1n) is 6.83. The number of nitrogens with one attached hydrogen (secondary N) is 1. The molecule has 4 nitrogen and oxygen atoms in total. The molecule has 0 aliphatic carbocycles. The molecule has 0 saturated carbocycles. The Morgan fingerprint density at radius 1 is 1.05 bits per heavy atom. The van der Waals surface area contributed by atoms with Gasteiger partial charge in [-0.25, -0.2) is 0 Å². The molecule has 0 bridgehead atoms. The van der Waals surface area contributed by atoms with Crippen LogP contribution in [0.25, 0.3) is 0 Å². The van der Waals surface area contributed by atoms with Crippen LogP contribution in [-0.4, -0.2) is 41.0 Å². The van der Waals surface area contributed by atoms with Gasteiger partial charge in [-0.05, 0) is 53.4 Å². The normalized spacial score (nSPS) is 10.6. The Hall–Kier alpha value is -0.780. The van der Waals surface area contributed by atoms with Crippen LogP contribution in [-0.2, 0) is 11.2 Å². The van der Waals surface area contributed by atoms with Crippen molar-refractivity contribution >= 4 is 15.9 Å². The molecule has 0 aliphatic heterocycles. The predicted octanol–water partition coefficient (Wildman–Crippen LogP) is 3.03.